The zero-order valence-electron chi connectivity index (χ0n) is 14.1. The van der Waals surface area contributed by atoms with E-state index in [2.05, 4.69) is 44.5 Å². The number of hydrogen-bond donors (Lipinski definition) is 1. The molecule has 128 valence electrons. The quantitative estimate of drug-likeness (QED) is 0.590. The molecule has 0 aliphatic carbocycles. The summed E-state index contributed by atoms with van der Waals surface area (Å²) >= 11 is 3.44. The van der Waals surface area contributed by atoms with Crippen molar-refractivity contribution in [2.75, 3.05) is 6.61 Å². The summed E-state index contributed by atoms with van der Waals surface area (Å²) < 4.78 is 5.50. The lowest BCUT2D eigenvalue weighted by Gasteiger charge is -2.16. The molecule has 0 bridgehead atoms. The molecular formula is C20H20N2OS2. The van der Waals surface area contributed by atoms with Crippen molar-refractivity contribution in [3.63, 3.8) is 0 Å². The summed E-state index contributed by atoms with van der Waals surface area (Å²) in [5.74, 6) is 3.29. The van der Waals surface area contributed by atoms with Crippen molar-refractivity contribution in [1.82, 2.24) is 10.3 Å². The fraction of sp³-hybridized carbons (Fsp3) is 0.250. The molecule has 0 fully saturated rings. The van der Waals surface area contributed by atoms with Crippen LogP contribution in [0.1, 0.15) is 27.9 Å². The molecule has 0 spiro atoms. The molecule has 3 rings (SSSR count). The average Bonchev–Trinajstić information content (AvgIpc) is 3.28. The number of ether oxygens (including phenoxy) is 1. The van der Waals surface area contributed by atoms with Crippen LogP contribution >= 0.6 is 22.7 Å². The summed E-state index contributed by atoms with van der Waals surface area (Å²) in [6, 6.07) is 10.4. The summed E-state index contributed by atoms with van der Waals surface area (Å²) in [5, 5.41) is 11.2. The van der Waals surface area contributed by atoms with Crippen LogP contribution in [0.4, 0.5) is 0 Å². The standard InChI is InChI=1S/C20H20N2OS2/c1-3-8-23-18-6-4-5-16(10-18)12-21-19(11-17-7-9-24-14-17)20-22-15(2)13-25-20/h1,4-7,9-10,13-14,19,21H,8,11-12H2,2H3/t19-/m0/s1. The smallest absolute Gasteiger partial charge is 0.148 e. The largest absolute Gasteiger partial charge is 0.481 e. The second kappa shape index (κ2) is 8.82. The third-order valence-electron chi connectivity index (χ3n) is 3.73. The minimum absolute atomic E-state index is 0.198. The summed E-state index contributed by atoms with van der Waals surface area (Å²) in [4.78, 5) is 4.67. The Hall–Kier alpha value is -2.13. The highest BCUT2D eigenvalue weighted by Crippen LogP contribution is 2.24. The van der Waals surface area contributed by atoms with E-state index in [0.29, 0.717) is 0 Å². The molecule has 2 aromatic heterocycles. The van der Waals surface area contributed by atoms with Gasteiger partial charge in [-0.2, -0.15) is 11.3 Å². The molecule has 0 radical (unpaired) electrons. The van der Waals surface area contributed by atoms with Crippen molar-refractivity contribution in [3.8, 4) is 18.1 Å². The third kappa shape index (κ3) is 5.17. The van der Waals surface area contributed by atoms with Gasteiger partial charge in [0.05, 0.1) is 6.04 Å². The molecule has 0 amide bonds. The van der Waals surface area contributed by atoms with E-state index in [1.807, 2.05) is 25.1 Å². The molecule has 2 heterocycles. The van der Waals surface area contributed by atoms with E-state index in [0.717, 1.165) is 35.0 Å². The Morgan fingerprint density at radius 1 is 1.28 bits per heavy atom. The molecule has 1 N–H and O–H groups in total. The number of thiophene rings is 1. The lowest BCUT2D eigenvalue weighted by molar-refractivity contribution is 0.369. The van der Waals surface area contributed by atoms with E-state index >= 15 is 0 Å². The molecule has 5 heteroatoms. The number of aromatic nitrogens is 1. The van der Waals surface area contributed by atoms with E-state index in [9.17, 15) is 0 Å². The SMILES string of the molecule is C#CCOc1cccc(CN[C@@H](Cc2ccsc2)c2nc(C)cs2)c1. The van der Waals surface area contributed by atoms with Crippen LogP contribution in [0.5, 0.6) is 5.75 Å². The fourth-order valence-corrected chi connectivity index (χ4v) is 4.09. The Kier molecular flexibility index (Phi) is 6.24. The number of hydrogen-bond acceptors (Lipinski definition) is 5. The summed E-state index contributed by atoms with van der Waals surface area (Å²) in [6.07, 6.45) is 6.19. The summed E-state index contributed by atoms with van der Waals surface area (Å²) in [5.41, 5.74) is 3.57. The van der Waals surface area contributed by atoms with Gasteiger partial charge in [0.1, 0.15) is 17.4 Å². The van der Waals surface area contributed by atoms with Gasteiger partial charge in [0.15, 0.2) is 0 Å². The number of terminal acetylenes is 1. The van der Waals surface area contributed by atoms with Gasteiger partial charge in [0.2, 0.25) is 0 Å². The number of thiazole rings is 1. The predicted molar refractivity (Wildman–Crippen MR) is 105 cm³/mol. The summed E-state index contributed by atoms with van der Waals surface area (Å²) in [6.45, 7) is 3.07. The van der Waals surface area contributed by atoms with E-state index in [1.165, 1.54) is 5.56 Å². The second-order valence-corrected chi connectivity index (χ2v) is 7.41. The molecule has 1 atom stereocenters. The minimum Gasteiger partial charge on any atom is -0.481 e. The van der Waals surface area contributed by atoms with Crippen molar-refractivity contribution < 1.29 is 4.74 Å². The van der Waals surface area contributed by atoms with Crippen LogP contribution in [0.15, 0.2) is 46.5 Å². The number of aryl methyl sites for hydroxylation is 1. The molecule has 3 aromatic rings. The maximum absolute atomic E-state index is 5.50. The van der Waals surface area contributed by atoms with Crippen molar-refractivity contribution in [1.29, 1.82) is 0 Å². The first-order valence-electron chi connectivity index (χ1n) is 8.06. The van der Waals surface area contributed by atoms with Crippen LogP contribution in [-0.2, 0) is 13.0 Å². The molecule has 25 heavy (non-hydrogen) atoms. The van der Waals surface area contributed by atoms with Crippen molar-refractivity contribution >= 4 is 22.7 Å². The highest BCUT2D eigenvalue weighted by Gasteiger charge is 2.16. The monoisotopic (exact) mass is 368 g/mol. The van der Waals surface area contributed by atoms with Crippen LogP contribution in [0.3, 0.4) is 0 Å². The topological polar surface area (TPSA) is 34.1 Å². The average molecular weight is 369 g/mol. The Labute approximate surface area is 156 Å². The molecule has 0 saturated carbocycles. The molecule has 3 nitrogen and oxygen atoms in total. The number of rotatable bonds is 8. The maximum Gasteiger partial charge on any atom is 0.148 e. The molecule has 1 aromatic carbocycles. The zero-order valence-corrected chi connectivity index (χ0v) is 15.7. The zero-order chi connectivity index (χ0) is 17.5. The van der Waals surface area contributed by atoms with Crippen LogP contribution in [-0.4, -0.2) is 11.6 Å². The number of benzene rings is 1. The minimum atomic E-state index is 0.198. The van der Waals surface area contributed by atoms with Crippen LogP contribution in [0.2, 0.25) is 0 Å². The van der Waals surface area contributed by atoms with Gasteiger partial charge in [-0.3, -0.25) is 0 Å². The highest BCUT2D eigenvalue weighted by molar-refractivity contribution is 7.09. The highest BCUT2D eigenvalue weighted by atomic mass is 32.1. The molecule has 0 saturated heterocycles. The van der Waals surface area contributed by atoms with E-state index in [4.69, 9.17) is 11.2 Å². The Morgan fingerprint density at radius 2 is 2.20 bits per heavy atom. The predicted octanol–water partition coefficient (Wildman–Crippen LogP) is 4.60. The maximum atomic E-state index is 5.50. The molecule has 0 aliphatic heterocycles. The number of nitrogens with zero attached hydrogens (tertiary/aromatic N) is 1. The van der Waals surface area contributed by atoms with Gasteiger partial charge in [0.25, 0.3) is 0 Å². The van der Waals surface area contributed by atoms with Gasteiger partial charge in [0, 0.05) is 17.6 Å². The van der Waals surface area contributed by atoms with Crippen molar-refractivity contribution in [2.24, 2.45) is 0 Å². The number of nitrogens with one attached hydrogen (secondary N) is 1. The van der Waals surface area contributed by atoms with E-state index in [-0.39, 0.29) is 12.6 Å². The first-order chi connectivity index (χ1) is 12.2. The second-order valence-electron chi connectivity index (χ2n) is 5.74. The Balaban J connectivity index is 1.69. The van der Waals surface area contributed by atoms with Gasteiger partial charge < -0.3 is 10.1 Å². The normalized spacial score (nSPS) is 11.8. The Morgan fingerprint density at radius 3 is 2.92 bits per heavy atom. The molecular weight excluding hydrogens is 348 g/mol. The van der Waals surface area contributed by atoms with E-state index in [1.54, 1.807) is 22.7 Å². The molecule has 0 unspecified atom stereocenters. The van der Waals surface area contributed by atoms with Crippen LogP contribution in [0, 0.1) is 19.3 Å². The van der Waals surface area contributed by atoms with Crippen molar-refractivity contribution in [2.45, 2.75) is 25.9 Å². The van der Waals surface area contributed by atoms with Gasteiger partial charge in [-0.1, -0.05) is 18.1 Å². The first kappa shape index (κ1) is 17.7. The van der Waals surface area contributed by atoms with Gasteiger partial charge in [-0.05, 0) is 53.4 Å². The summed E-state index contributed by atoms with van der Waals surface area (Å²) in [7, 11) is 0. The van der Waals surface area contributed by atoms with Crippen LogP contribution in [0.25, 0.3) is 0 Å². The van der Waals surface area contributed by atoms with Crippen molar-refractivity contribution in [3.05, 3.63) is 68.3 Å². The van der Waals surface area contributed by atoms with Gasteiger partial charge >= 0.3 is 0 Å². The van der Waals surface area contributed by atoms with E-state index < -0.39 is 0 Å². The third-order valence-corrected chi connectivity index (χ3v) is 5.54. The molecule has 0 aliphatic rings. The lowest BCUT2D eigenvalue weighted by Crippen LogP contribution is -2.22. The fourth-order valence-electron chi connectivity index (χ4n) is 2.53. The first-order valence-corrected chi connectivity index (χ1v) is 9.88. The lowest BCUT2D eigenvalue weighted by atomic mass is 10.1. The Bertz CT molecular complexity index is 834. The van der Waals surface area contributed by atoms with Gasteiger partial charge in [-0.15, -0.1) is 17.8 Å². The van der Waals surface area contributed by atoms with Crippen LogP contribution < -0.4 is 10.1 Å². The van der Waals surface area contributed by atoms with Gasteiger partial charge in [-0.25, -0.2) is 4.98 Å².